The van der Waals surface area contributed by atoms with Crippen LogP contribution in [-0.2, 0) is 16.4 Å². The van der Waals surface area contributed by atoms with Crippen LogP contribution >= 0.6 is 0 Å². The molecule has 20 heavy (non-hydrogen) atoms. The van der Waals surface area contributed by atoms with Gasteiger partial charge in [0.15, 0.2) is 0 Å². The number of anilines is 2. The summed E-state index contributed by atoms with van der Waals surface area (Å²) in [5, 5.41) is 0. The summed E-state index contributed by atoms with van der Waals surface area (Å²) in [4.78, 5) is -0.267. The van der Waals surface area contributed by atoms with Crippen molar-refractivity contribution in [3.63, 3.8) is 0 Å². The van der Waals surface area contributed by atoms with Crippen molar-refractivity contribution in [1.82, 2.24) is 0 Å². The predicted molar refractivity (Wildman–Crippen MR) is 77.4 cm³/mol. The zero-order valence-corrected chi connectivity index (χ0v) is 11.7. The summed E-state index contributed by atoms with van der Waals surface area (Å²) in [7, 11) is -3.90. The van der Waals surface area contributed by atoms with Gasteiger partial charge in [0.05, 0.1) is 5.69 Å². The van der Waals surface area contributed by atoms with E-state index in [1.54, 1.807) is 12.1 Å². The number of hydrogen-bond acceptors (Lipinski definition) is 3. The van der Waals surface area contributed by atoms with Crippen LogP contribution in [0.3, 0.4) is 0 Å². The average Bonchev–Trinajstić information content (AvgIpc) is 2.42. The summed E-state index contributed by atoms with van der Waals surface area (Å²) < 4.78 is 40.1. The van der Waals surface area contributed by atoms with E-state index in [0.717, 1.165) is 18.1 Å². The molecule has 0 heterocycles. The van der Waals surface area contributed by atoms with E-state index in [4.69, 9.17) is 5.73 Å². The second kappa shape index (κ2) is 5.50. The van der Waals surface area contributed by atoms with Crippen molar-refractivity contribution >= 4 is 21.4 Å². The van der Waals surface area contributed by atoms with Crippen molar-refractivity contribution in [1.29, 1.82) is 0 Å². The van der Waals surface area contributed by atoms with E-state index < -0.39 is 15.8 Å². The molecular weight excluding hydrogens is 279 g/mol. The van der Waals surface area contributed by atoms with Crippen LogP contribution in [0.5, 0.6) is 0 Å². The summed E-state index contributed by atoms with van der Waals surface area (Å²) in [6, 6.07) is 10.7. The first-order chi connectivity index (χ1) is 9.44. The average molecular weight is 294 g/mol. The van der Waals surface area contributed by atoms with Gasteiger partial charge >= 0.3 is 0 Å². The minimum absolute atomic E-state index is 0.267. The Bertz CT molecular complexity index is 712. The smallest absolute Gasteiger partial charge is 0.264 e. The first kappa shape index (κ1) is 14.3. The second-order valence-electron chi connectivity index (χ2n) is 4.31. The molecule has 3 N–H and O–H groups in total. The monoisotopic (exact) mass is 294 g/mol. The summed E-state index contributed by atoms with van der Waals surface area (Å²) >= 11 is 0. The zero-order valence-electron chi connectivity index (χ0n) is 10.9. The van der Waals surface area contributed by atoms with Crippen LogP contribution in [0.2, 0.25) is 0 Å². The number of nitrogens with two attached hydrogens (primary N) is 1. The van der Waals surface area contributed by atoms with Crippen molar-refractivity contribution in [3.05, 3.63) is 53.8 Å². The Morgan fingerprint density at radius 2 is 1.80 bits per heavy atom. The maximum absolute atomic E-state index is 13.3. The van der Waals surface area contributed by atoms with Gasteiger partial charge < -0.3 is 5.73 Å². The molecular formula is C14H15FN2O2S. The molecule has 2 rings (SSSR count). The molecule has 0 atom stereocenters. The molecule has 0 aliphatic rings. The molecule has 0 saturated heterocycles. The molecule has 0 spiro atoms. The summed E-state index contributed by atoms with van der Waals surface area (Å²) in [5.74, 6) is -0.755. The van der Waals surface area contributed by atoms with Gasteiger partial charge in [-0.2, -0.15) is 0 Å². The first-order valence-electron chi connectivity index (χ1n) is 6.10. The van der Waals surface area contributed by atoms with Gasteiger partial charge in [-0.3, -0.25) is 4.72 Å². The molecule has 0 bridgehead atoms. The maximum atomic E-state index is 13.3. The molecule has 0 fully saturated rings. The van der Waals surface area contributed by atoms with E-state index in [9.17, 15) is 12.8 Å². The van der Waals surface area contributed by atoms with Crippen LogP contribution in [0.15, 0.2) is 47.4 Å². The standard InChI is InChI=1S/C14H15FN2O2S/c1-2-10-6-8-11(9-7-10)17-20(18,19)13-5-3-4-12(15)14(13)16/h3-9,17H,2,16H2,1H3. The van der Waals surface area contributed by atoms with Gasteiger partial charge in [0.25, 0.3) is 10.0 Å². The van der Waals surface area contributed by atoms with Crippen LogP contribution in [-0.4, -0.2) is 8.42 Å². The number of benzene rings is 2. The summed E-state index contributed by atoms with van der Waals surface area (Å²) in [6.45, 7) is 2.01. The summed E-state index contributed by atoms with van der Waals surface area (Å²) in [5.41, 5.74) is 6.59. The number of para-hydroxylation sites is 1. The normalized spacial score (nSPS) is 11.3. The number of aryl methyl sites for hydroxylation is 1. The number of hydrogen-bond donors (Lipinski definition) is 2. The first-order valence-corrected chi connectivity index (χ1v) is 7.58. The van der Waals surface area contributed by atoms with E-state index in [2.05, 4.69) is 4.72 Å². The van der Waals surface area contributed by atoms with Crippen LogP contribution in [0.25, 0.3) is 0 Å². The van der Waals surface area contributed by atoms with Crippen molar-refractivity contribution in [3.8, 4) is 0 Å². The Hall–Kier alpha value is -2.08. The van der Waals surface area contributed by atoms with Crippen LogP contribution in [0.1, 0.15) is 12.5 Å². The quantitative estimate of drug-likeness (QED) is 0.852. The number of halogens is 1. The van der Waals surface area contributed by atoms with Crippen molar-refractivity contribution < 1.29 is 12.8 Å². The van der Waals surface area contributed by atoms with Gasteiger partial charge in [-0.25, -0.2) is 12.8 Å². The van der Waals surface area contributed by atoms with Gasteiger partial charge in [-0.1, -0.05) is 25.1 Å². The minimum Gasteiger partial charge on any atom is -0.395 e. The third-order valence-electron chi connectivity index (χ3n) is 2.92. The molecule has 0 amide bonds. The van der Waals surface area contributed by atoms with E-state index in [0.29, 0.717) is 5.69 Å². The van der Waals surface area contributed by atoms with Crippen LogP contribution in [0.4, 0.5) is 15.8 Å². The molecule has 6 heteroatoms. The maximum Gasteiger partial charge on any atom is 0.264 e. The molecule has 4 nitrogen and oxygen atoms in total. The highest BCUT2D eigenvalue weighted by atomic mass is 32.2. The Morgan fingerprint density at radius 3 is 2.40 bits per heavy atom. The lowest BCUT2D eigenvalue weighted by atomic mass is 10.2. The number of nitrogen functional groups attached to an aromatic ring is 1. The van der Waals surface area contributed by atoms with Gasteiger partial charge in [0.2, 0.25) is 0 Å². The molecule has 0 aromatic heterocycles. The second-order valence-corrected chi connectivity index (χ2v) is 5.96. The fourth-order valence-electron chi connectivity index (χ4n) is 1.77. The molecule has 0 radical (unpaired) electrons. The zero-order chi connectivity index (χ0) is 14.8. The van der Waals surface area contributed by atoms with Crippen molar-refractivity contribution in [2.75, 3.05) is 10.5 Å². The lowest BCUT2D eigenvalue weighted by molar-refractivity contribution is 0.597. The SMILES string of the molecule is CCc1ccc(NS(=O)(=O)c2cccc(F)c2N)cc1. The van der Waals surface area contributed by atoms with Gasteiger partial charge in [-0.15, -0.1) is 0 Å². The minimum atomic E-state index is -3.90. The van der Waals surface area contributed by atoms with Gasteiger partial charge in [0.1, 0.15) is 10.7 Å². The largest absolute Gasteiger partial charge is 0.395 e. The molecule has 0 aliphatic carbocycles. The predicted octanol–water partition coefficient (Wildman–Crippen LogP) is 2.77. The fourth-order valence-corrected chi connectivity index (χ4v) is 2.97. The molecule has 106 valence electrons. The lowest BCUT2D eigenvalue weighted by Gasteiger charge is -2.10. The number of sulfonamides is 1. The van der Waals surface area contributed by atoms with Crippen molar-refractivity contribution in [2.24, 2.45) is 0 Å². The van der Waals surface area contributed by atoms with E-state index in [1.807, 2.05) is 19.1 Å². The van der Waals surface area contributed by atoms with Gasteiger partial charge in [-0.05, 0) is 36.2 Å². The Labute approximate surface area is 117 Å². The topological polar surface area (TPSA) is 72.2 Å². The molecule has 0 unspecified atom stereocenters. The Balaban J connectivity index is 2.33. The van der Waals surface area contributed by atoms with E-state index in [-0.39, 0.29) is 10.6 Å². The van der Waals surface area contributed by atoms with Crippen molar-refractivity contribution in [2.45, 2.75) is 18.2 Å². The summed E-state index contributed by atoms with van der Waals surface area (Å²) in [6.07, 6.45) is 0.865. The van der Waals surface area contributed by atoms with E-state index >= 15 is 0 Å². The highest BCUT2D eigenvalue weighted by Crippen LogP contribution is 2.23. The Kier molecular flexibility index (Phi) is 3.94. The molecule has 2 aromatic rings. The third-order valence-corrected chi connectivity index (χ3v) is 4.36. The van der Waals surface area contributed by atoms with E-state index in [1.165, 1.54) is 12.1 Å². The molecule has 2 aromatic carbocycles. The molecule has 0 saturated carbocycles. The van der Waals surface area contributed by atoms with Gasteiger partial charge in [0, 0.05) is 5.69 Å². The molecule has 0 aliphatic heterocycles. The highest BCUT2D eigenvalue weighted by molar-refractivity contribution is 7.92. The number of rotatable bonds is 4. The highest BCUT2D eigenvalue weighted by Gasteiger charge is 2.19. The van der Waals surface area contributed by atoms with Crippen LogP contribution in [0, 0.1) is 5.82 Å². The number of nitrogens with one attached hydrogen (secondary N) is 1. The lowest BCUT2D eigenvalue weighted by Crippen LogP contribution is -2.15. The third kappa shape index (κ3) is 2.91. The fraction of sp³-hybridized carbons (Fsp3) is 0.143. The van der Waals surface area contributed by atoms with Crippen LogP contribution < -0.4 is 10.5 Å². The Morgan fingerprint density at radius 1 is 1.15 bits per heavy atom.